The van der Waals surface area contributed by atoms with Gasteiger partial charge < -0.3 is 26.2 Å². The van der Waals surface area contributed by atoms with Crippen LogP contribution in [0.3, 0.4) is 0 Å². The molecule has 0 spiro atoms. The number of nitrogens with one attached hydrogen (secondary N) is 1. The average Bonchev–Trinajstić information content (AvgIpc) is 2.74. The minimum Gasteiger partial charge on any atom is -0.480 e. The lowest BCUT2D eigenvalue weighted by Crippen LogP contribution is -2.55. The number of aliphatic hydroxyl groups excluding tert-OH is 1. The number of carboxylic acids is 1. The number of aliphatic carboxylic acids is 1. The molecule has 2 aliphatic rings. The Bertz CT molecular complexity index is 363. The van der Waals surface area contributed by atoms with E-state index in [9.17, 15) is 14.7 Å². The summed E-state index contributed by atoms with van der Waals surface area (Å²) in [6.45, 7) is 0.0603. The van der Waals surface area contributed by atoms with Gasteiger partial charge in [0, 0.05) is 25.0 Å². The lowest BCUT2D eigenvalue weighted by molar-refractivity contribution is -0.141. The second-order valence-corrected chi connectivity index (χ2v) is 5.40. The summed E-state index contributed by atoms with van der Waals surface area (Å²) in [7, 11) is 0. The zero-order valence-electron chi connectivity index (χ0n) is 10.8. The number of likely N-dealkylation sites (tertiary alicyclic amines) is 1. The highest BCUT2D eigenvalue weighted by Gasteiger charge is 2.39. The Labute approximate surface area is 111 Å². The summed E-state index contributed by atoms with van der Waals surface area (Å²) in [5.41, 5.74) is 5.95. The minimum absolute atomic E-state index is 0.0603. The van der Waals surface area contributed by atoms with E-state index in [0.29, 0.717) is 0 Å². The third-order valence-corrected chi connectivity index (χ3v) is 3.95. The van der Waals surface area contributed by atoms with Gasteiger partial charge in [-0.05, 0) is 12.8 Å². The number of carbonyl (C=O) groups excluding carboxylic acids is 1. The van der Waals surface area contributed by atoms with Gasteiger partial charge in [-0.15, -0.1) is 0 Å². The van der Waals surface area contributed by atoms with Gasteiger partial charge in [0.2, 0.25) is 0 Å². The summed E-state index contributed by atoms with van der Waals surface area (Å²) in [5.74, 6) is -1.08. The average molecular weight is 271 g/mol. The van der Waals surface area contributed by atoms with Crippen LogP contribution >= 0.6 is 0 Å². The molecule has 108 valence electrons. The first-order valence-electron chi connectivity index (χ1n) is 6.72. The van der Waals surface area contributed by atoms with Gasteiger partial charge in [-0.3, -0.25) is 0 Å². The first-order chi connectivity index (χ1) is 8.99. The van der Waals surface area contributed by atoms with Crippen LogP contribution < -0.4 is 11.1 Å². The fraction of sp³-hybridized carbons (Fsp3) is 0.833. The number of carbonyl (C=O) groups is 2. The summed E-state index contributed by atoms with van der Waals surface area (Å²) in [6.07, 6.45) is 3.08. The van der Waals surface area contributed by atoms with Crippen LogP contribution in [0.4, 0.5) is 4.79 Å². The summed E-state index contributed by atoms with van der Waals surface area (Å²) in [6, 6.07) is -1.57. The zero-order valence-corrected chi connectivity index (χ0v) is 10.8. The van der Waals surface area contributed by atoms with Crippen LogP contribution in [0.2, 0.25) is 0 Å². The quantitative estimate of drug-likeness (QED) is 0.539. The molecule has 2 fully saturated rings. The topological polar surface area (TPSA) is 116 Å². The Morgan fingerprint density at radius 2 is 1.95 bits per heavy atom. The van der Waals surface area contributed by atoms with Gasteiger partial charge in [0.15, 0.2) is 0 Å². The number of urea groups is 1. The molecule has 1 aliphatic heterocycles. The molecule has 1 saturated heterocycles. The highest BCUT2D eigenvalue weighted by atomic mass is 16.4. The molecule has 0 radical (unpaired) electrons. The van der Waals surface area contributed by atoms with Gasteiger partial charge in [0.05, 0.1) is 6.10 Å². The number of nitrogens with two attached hydrogens (primary N) is 1. The second kappa shape index (κ2) is 5.75. The molecule has 5 N–H and O–H groups in total. The van der Waals surface area contributed by atoms with Crippen molar-refractivity contribution in [3.8, 4) is 0 Å². The summed E-state index contributed by atoms with van der Waals surface area (Å²) in [5, 5.41) is 21.4. The predicted molar refractivity (Wildman–Crippen MR) is 67.5 cm³/mol. The van der Waals surface area contributed by atoms with Crippen molar-refractivity contribution in [2.75, 3.05) is 6.54 Å². The van der Waals surface area contributed by atoms with E-state index in [4.69, 9.17) is 10.8 Å². The number of rotatable bonds is 2. The van der Waals surface area contributed by atoms with E-state index in [1.165, 1.54) is 4.90 Å². The van der Waals surface area contributed by atoms with Crippen molar-refractivity contribution < 1.29 is 19.8 Å². The molecule has 1 heterocycles. The van der Waals surface area contributed by atoms with E-state index in [1.54, 1.807) is 0 Å². The molecule has 0 aromatic heterocycles. The largest absolute Gasteiger partial charge is 0.480 e. The van der Waals surface area contributed by atoms with Crippen LogP contribution in [0.1, 0.15) is 32.1 Å². The van der Waals surface area contributed by atoms with Crippen LogP contribution in [0, 0.1) is 0 Å². The second-order valence-electron chi connectivity index (χ2n) is 5.40. The van der Waals surface area contributed by atoms with Crippen LogP contribution in [0.25, 0.3) is 0 Å². The Kier molecular flexibility index (Phi) is 4.26. The van der Waals surface area contributed by atoms with E-state index in [-0.39, 0.29) is 25.0 Å². The normalized spacial score (nSPS) is 35.2. The Morgan fingerprint density at radius 3 is 2.58 bits per heavy atom. The Hall–Kier alpha value is -1.34. The smallest absolute Gasteiger partial charge is 0.326 e. The van der Waals surface area contributed by atoms with Crippen LogP contribution in [0.15, 0.2) is 0 Å². The molecular weight excluding hydrogens is 250 g/mol. The van der Waals surface area contributed by atoms with Gasteiger partial charge in [0.1, 0.15) is 6.04 Å². The van der Waals surface area contributed by atoms with Gasteiger partial charge in [-0.2, -0.15) is 0 Å². The number of carboxylic acid groups (broad SMARTS) is 1. The van der Waals surface area contributed by atoms with Crippen LogP contribution in [0.5, 0.6) is 0 Å². The van der Waals surface area contributed by atoms with E-state index in [2.05, 4.69) is 5.32 Å². The predicted octanol–water partition coefficient (Wildman–Crippen LogP) is -0.514. The molecule has 0 aromatic rings. The molecule has 4 atom stereocenters. The zero-order chi connectivity index (χ0) is 14.0. The molecule has 1 saturated carbocycles. The number of β-amino-alcohol motifs (C(OH)–C–C–N with tert-alkyl or cyclic N) is 1. The van der Waals surface area contributed by atoms with E-state index < -0.39 is 24.1 Å². The van der Waals surface area contributed by atoms with Crippen molar-refractivity contribution in [3.05, 3.63) is 0 Å². The highest BCUT2D eigenvalue weighted by molar-refractivity contribution is 5.83. The van der Waals surface area contributed by atoms with Crippen molar-refractivity contribution in [2.45, 2.75) is 56.3 Å². The van der Waals surface area contributed by atoms with Crippen molar-refractivity contribution in [1.29, 1.82) is 0 Å². The molecule has 0 aromatic carbocycles. The van der Waals surface area contributed by atoms with Crippen LogP contribution in [-0.4, -0.2) is 57.9 Å². The van der Waals surface area contributed by atoms with Gasteiger partial charge in [0.25, 0.3) is 0 Å². The number of aliphatic hydroxyl groups is 1. The molecule has 1 aliphatic carbocycles. The van der Waals surface area contributed by atoms with E-state index in [1.807, 2.05) is 0 Å². The SMILES string of the molecule is NC1CCCCC1NC(=O)N1C[C@H](O)C[C@@H]1C(=O)O. The summed E-state index contributed by atoms with van der Waals surface area (Å²) in [4.78, 5) is 24.4. The fourth-order valence-corrected chi connectivity index (χ4v) is 2.85. The van der Waals surface area contributed by atoms with E-state index >= 15 is 0 Å². The fourth-order valence-electron chi connectivity index (χ4n) is 2.85. The van der Waals surface area contributed by atoms with Gasteiger partial charge in [-0.25, -0.2) is 9.59 Å². The Morgan fingerprint density at radius 1 is 1.26 bits per heavy atom. The maximum Gasteiger partial charge on any atom is 0.326 e. The highest BCUT2D eigenvalue weighted by Crippen LogP contribution is 2.20. The lowest BCUT2D eigenvalue weighted by Gasteiger charge is -2.31. The standard InChI is InChI=1S/C12H21N3O4/c13-8-3-1-2-4-9(8)14-12(19)15-6-7(16)5-10(15)11(17)18/h7-10,16H,1-6,13H2,(H,14,19)(H,17,18)/t7-,8?,9?,10-/m1/s1. The van der Waals surface area contributed by atoms with Crippen molar-refractivity contribution >= 4 is 12.0 Å². The van der Waals surface area contributed by atoms with E-state index in [0.717, 1.165) is 25.7 Å². The van der Waals surface area contributed by atoms with Crippen LogP contribution in [-0.2, 0) is 4.79 Å². The number of hydrogen-bond donors (Lipinski definition) is 4. The third kappa shape index (κ3) is 3.16. The lowest BCUT2D eigenvalue weighted by atomic mass is 9.91. The monoisotopic (exact) mass is 271 g/mol. The van der Waals surface area contributed by atoms with Gasteiger partial charge in [-0.1, -0.05) is 12.8 Å². The van der Waals surface area contributed by atoms with Crippen molar-refractivity contribution in [1.82, 2.24) is 10.2 Å². The molecule has 19 heavy (non-hydrogen) atoms. The minimum atomic E-state index is -1.08. The molecule has 2 rings (SSSR count). The molecular formula is C12H21N3O4. The molecule has 0 bridgehead atoms. The molecule has 2 amide bonds. The summed E-state index contributed by atoms with van der Waals surface area (Å²) < 4.78 is 0. The van der Waals surface area contributed by atoms with Crippen molar-refractivity contribution in [3.63, 3.8) is 0 Å². The van der Waals surface area contributed by atoms with Crippen molar-refractivity contribution in [2.24, 2.45) is 5.73 Å². The number of amides is 2. The molecule has 2 unspecified atom stereocenters. The number of hydrogen-bond acceptors (Lipinski definition) is 4. The maximum absolute atomic E-state index is 12.1. The first-order valence-corrected chi connectivity index (χ1v) is 6.72. The maximum atomic E-state index is 12.1. The number of nitrogens with zero attached hydrogens (tertiary/aromatic N) is 1. The molecule has 7 nitrogen and oxygen atoms in total. The third-order valence-electron chi connectivity index (χ3n) is 3.95. The summed E-state index contributed by atoms with van der Waals surface area (Å²) >= 11 is 0. The van der Waals surface area contributed by atoms with Gasteiger partial charge >= 0.3 is 12.0 Å². The molecule has 7 heteroatoms. The first kappa shape index (κ1) is 14.1. The Balaban J connectivity index is 1.96.